The highest BCUT2D eigenvalue weighted by atomic mass is 35.5. The van der Waals surface area contributed by atoms with Crippen molar-refractivity contribution < 1.29 is 17.9 Å². The van der Waals surface area contributed by atoms with Gasteiger partial charge in [-0.25, -0.2) is 8.42 Å². The van der Waals surface area contributed by atoms with Crippen LogP contribution in [0, 0.1) is 5.92 Å². The Morgan fingerprint density at radius 3 is 2.86 bits per heavy atom. The highest BCUT2D eigenvalue weighted by Gasteiger charge is 2.33. The zero-order valence-electron chi connectivity index (χ0n) is 11.7. The molecule has 1 fully saturated rings. The third-order valence-corrected chi connectivity index (χ3v) is 5.58. The van der Waals surface area contributed by atoms with E-state index in [1.165, 1.54) is 0 Å². The average Bonchev–Trinajstić information content (AvgIpc) is 3.06. The lowest BCUT2D eigenvalue weighted by atomic mass is 10.1. The molecule has 1 atom stereocenters. The molecule has 0 spiro atoms. The zero-order valence-corrected chi connectivity index (χ0v) is 13.4. The van der Waals surface area contributed by atoms with Crippen molar-refractivity contribution in [3.05, 3.63) is 18.2 Å². The van der Waals surface area contributed by atoms with Gasteiger partial charge < -0.3 is 14.8 Å². The minimum Gasteiger partial charge on any atom is -0.454 e. The molecule has 0 radical (unpaired) electrons. The van der Waals surface area contributed by atoms with Crippen LogP contribution in [0.3, 0.4) is 0 Å². The van der Waals surface area contributed by atoms with E-state index in [-0.39, 0.29) is 24.1 Å². The topological polar surface area (TPSA) is 67.9 Å². The summed E-state index contributed by atoms with van der Waals surface area (Å²) in [5, 5.41) is 3.10. The molecule has 21 heavy (non-hydrogen) atoms. The van der Waals surface area contributed by atoms with Crippen LogP contribution in [0.4, 0.5) is 0 Å². The molecule has 8 heteroatoms. The predicted octanol–water partition coefficient (Wildman–Crippen LogP) is 1.07. The first kappa shape index (κ1) is 16.4. The fourth-order valence-corrected chi connectivity index (χ4v) is 4.20. The predicted molar refractivity (Wildman–Crippen MR) is 80.6 cm³/mol. The van der Waals surface area contributed by atoms with Crippen LogP contribution in [0.25, 0.3) is 0 Å². The molecule has 1 N–H and O–H groups in total. The summed E-state index contributed by atoms with van der Waals surface area (Å²) in [6.07, 6.45) is 0.893. The molecule has 3 rings (SSSR count). The standard InChI is InChI=1S/C13H18N2O4S.ClH/c1-14-7-10-4-5-15(8-10)20(16,17)11-2-3-12-13(6-11)19-9-18-12;/h2-3,6,10,14H,4-5,7-9H2,1H3;1H. The second-order valence-corrected chi connectivity index (χ2v) is 7.03. The number of sulfonamides is 1. The Labute approximate surface area is 130 Å². The fourth-order valence-electron chi connectivity index (χ4n) is 2.66. The molecular weight excluding hydrogens is 316 g/mol. The second-order valence-electron chi connectivity index (χ2n) is 5.09. The van der Waals surface area contributed by atoms with Crippen molar-refractivity contribution in [1.82, 2.24) is 9.62 Å². The Morgan fingerprint density at radius 1 is 1.33 bits per heavy atom. The van der Waals surface area contributed by atoms with E-state index >= 15 is 0 Å². The molecule has 2 aliphatic rings. The number of hydrogen-bond donors (Lipinski definition) is 1. The molecule has 1 saturated heterocycles. The summed E-state index contributed by atoms with van der Waals surface area (Å²) in [6, 6.07) is 4.77. The van der Waals surface area contributed by atoms with Crippen LogP contribution in [0.15, 0.2) is 23.1 Å². The lowest BCUT2D eigenvalue weighted by Crippen LogP contribution is -2.30. The first-order valence-electron chi connectivity index (χ1n) is 6.65. The van der Waals surface area contributed by atoms with Gasteiger partial charge in [0.2, 0.25) is 16.8 Å². The molecule has 1 aromatic rings. The molecule has 6 nitrogen and oxygen atoms in total. The first-order valence-corrected chi connectivity index (χ1v) is 8.09. The number of nitrogens with one attached hydrogen (secondary N) is 1. The van der Waals surface area contributed by atoms with E-state index in [4.69, 9.17) is 9.47 Å². The number of halogens is 1. The first-order chi connectivity index (χ1) is 9.61. The minimum atomic E-state index is -3.44. The van der Waals surface area contributed by atoms with Crippen LogP contribution in [0.1, 0.15) is 6.42 Å². The lowest BCUT2D eigenvalue weighted by Gasteiger charge is -2.16. The van der Waals surface area contributed by atoms with Crippen molar-refractivity contribution in [3.8, 4) is 11.5 Å². The molecule has 1 aromatic carbocycles. The van der Waals surface area contributed by atoms with Crippen LogP contribution in [0.5, 0.6) is 11.5 Å². The molecular formula is C13H19ClN2O4S. The molecule has 2 heterocycles. The Balaban J connectivity index is 0.00000161. The maximum atomic E-state index is 12.6. The van der Waals surface area contributed by atoms with E-state index in [1.807, 2.05) is 7.05 Å². The van der Waals surface area contributed by atoms with E-state index < -0.39 is 10.0 Å². The fraction of sp³-hybridized carbons (Fsp3) is 0.538. The Morgan fingerprint density at radius 2 is 2.10 bits per heavy atom. The number of nitrogens with zero attached hydrogens (tertiary/aromatic N) is 1. The number of hydrogen-bond acceptors (Lipinski definition) is 5. The van der Waals surface area contributed by atoms with Gasteiger partial charge >= 0.3 is 0 Å². The number of fused-ring (bicyclic) bond motifs is 1. The van der Waals surface area contributed by atoms with Crippen molar-refractivity contribution in [2.45, 2.75) is 11.3 Å². The smallest absolute Gasteiger partial charge is 0.243 e. The molecule has 0 bridgehead atoms. The molecule has 118 valence electrons. The largest absolute Gasteiger partial charge is 0.454 e. The van der Waals surface area contributed by atoms with Crippen molar-refractivity contribution in [3.63, 3.8) is 0 Å². The van der Waals surface area contributed by atoms with Crippen molar-refractivity contribution in [2.75, 3.05) is 33.5 Å². The summed E-state index contributed by atoms with van der Waals surface area (Å²) in [5.74, 6) is 1.47. The van der Waals surface area contributed by atoms with Crippen LogP contribution < -0.4 is 14.8 Å². The van der Waals surface area contributed by atoms with Gasteiger partial charge in [-0.15, -0.1) is 12.4 Å². The van der Waals surface area contributed by atoms with Gasteiger partial charge in [0.15, 0.2) is 11.5 Å². The number of rotatable bonds is 4. The Hall–Kier alpha value is -1.02. The summed E-state index contributed by atoms with van der Waals surface area (Å²) < 4.78 is 37.2. The van der Waals surface area contributed by atoms with E-state index in [2.05, 4.69) is 5.32 Å². The van der Waals surface area contributed by atoms with E-state index in [9.17, 15) is 8.42 Å². The normalized spacial score (nSPS) is 21.3. The minimum absolute atomic E-state index is 0. The van der Waals surface area contributed by atoms with Gasteiger partial charge in [-0.2, -0.15) is 4.31 Å². The SMILES string of the molecule is CNCC1CCN(S(=O)(=O)c2ccc3c(c2)OCO3)C1.Cl. The maximum absolute atomic E-state index is 12.6. The maximum Gasteiger partial charge on any atom is 0.243 e. The molecule has 0 amide bonds. The quantitative estimate of drug-likeness (QED) is 0.892. The average molecular weight is 335 g/mol. The molecule has 0 aromatic heterocycles. The van der Waals surface area contributed by atoms with Gasteiger partial charge in [0.05, 0.1) is 4.90 Å². The number of benzene rings is 1. The van der Waals surface area contributed by atoms with Gasteiger partial charge in [-0.1, -0.05) is 0 Å². The molecule has 0 aliphatic carbocycles. The summed E-state index contributed by atoms with van der Waals surface area (Å²) >= 11 is 0. The highest BCUT2D eigenvalue weighted by molar-refractivity contribution is 7.89. The van der Waals surface area contributed by atoms with Crippen molar-refractivity contribution in [2.24, 2.45) is 5.92 Å². The monoisotopic (exact) mass is 334 g/mol. The van der Waals surface area contributed by atoms with Gasteiger partial charge in [-0.05, 0) is 38.1 Å². The van der Waals surface area contributed by atoms with Crippen LogP contribution in [0.2, 0.25) is 0 Å². The molecule has 1 unspecified atom stereocenters. The third-order valence-electron chi connectivity index (χ3n) is 3.72. The van der Waals surface area contributed by atoms with Crippen LogP contribution in [-0.4, -0.2) is 46.2 Å². The number of ether oxygens (including phenoxy) is 2. The van der Waals surface area contributed by atoms with Crippen molar-refractivity contribution in [1.29, 1.82) is 0 Å². The second kappa shape index (κ2) is 6.39. The summed E-state index contributed by atoms with van der Waals surface area (Å²) in [6.45, 7) is 2.13. The zero-order chi connectivity index (χ0) is 14.2. The lowest BCUT2D eigenvalue weighted by molar-refractivity contribution is 0.174. The van der Waals surface area contributed by atoms with E-state index in [0.717, 1.165) is 13.0 Å². The molecule has 2 aliphatic heterocycles. The summed E-state index contributed by atoms with van der Waals surface area (Å²) in [7, 11) is -1.56. The van der Waals surface area contributed by atoms with Gasteiger partial charge in [-0.3, -0.25) is 0 Å². The van der Waals surface area contributed by atoms with E-state index in [1.54, 1.807) is 22.5 Å². The van der Waals surface area contributed by atoms with Gasteiger partial charge in [0.1, 0.15) is 0 Å². The van der Waals surface area contributed by atoms with Crippen LogP contribution in [-0.2, 0) is 10.0 Å². The Bertz CT molecular complexity index is 608. The van der Waals surface area contributed by atoms with E-state index in [0.29, 0.717) is 30.5 Å². The Kier molecular flexibility index (Phi) is 4.98. The van der Waals surface area contributed by atoms with Gasteiger partial charge in [0, 0.05) is 19.2 Å². The summed E-state index contributed by atoms with van der Waals surface area (Å²) in [4.78, 5) is 0.270. The highest BCUT2D eigenvalue weighted by Crippen LogP contribution is 2.35. The molecule has 0 saturated carbocycles. The van der Waals surface area contributed by atoms with Gasteiger partial charge in [0.25, 0.3) is 0 Å². The third kappa shape index (κ3) is 3.11. The summed E-state index contributed by atoms with van der Waals surface area (Å²) in [5.41, 5.74) is 0. The van der Waals surface area contributed by atoms with Crippen molar-refractivity contribution >= 4 is 22.4 Å². The van der Waals surface area contributed by atoms with Crippen LogP contribution >= 0.6 is 12.4 Å².